The number of pyridine rings is 1. The molecule has 9 heteroatoms. The van der Waals surface area contributed by atoms with Gasteiger partial charge in [0.05, 0.1) is 5.69 Å². The lowest BCUT2D eigenvalue weighted by molar-refractivity contribution is -0.157. The van der Waals surface area contributed by atoms with Crippen LogP contribution in [0.25, 0.3) is 16.8 Å². The van der Waals surface area contributed by atoms with E-state index in [2.05, 4.69) is 15.7 Å². The standard InChI is InChI=1S/C34H48N4O5/c1-20(2)22(5)31(40)36-23(6)32(41)38-16-10-11-28(37-38)33(42)43-24(7)29-18-27-17-25(12-13-26(27)19-35-29)14-15-34(8,9)30(39)21(3)4/h12-15,17-24,28,37H,10-11,16H2,1-9H3,(H,36,40)/b15-14+/t22-,23?,24+,28?/m0/s1. The number of allylic oxidation sites excluding steroid dienone is 1. The van der Waals surface area contributed by atoms with Gasteiger partial charge in [-0.25, -0.2) is 5.43 Å². The van der Waals surface area contributed by atoms with Crippen molar-refractivity contribution >= 4 is 40.4 Å². The number of benzene rings is 1. The Bertz CT molecular complexity index is 1370. The lowest BCUT2D eigenvalue weighted by atomic mass is 9.82. The smallest absolute Gasteiger partial charge is 0.325 e. The molecular formula is C34H48N4O5. The zero-order valence-corrected chi connectivity index (χ0v) is 27.1. The molecule has 1 fully saturated rings. The molecular weight excluding hydrogens is 544 g/mol. The first kappa shape index (κ1) is 33.9. The van der Waals surface area contributed by atoms with E-state index in [4.69, 9.17) is 4.74 Å². The predicted octanol–water partition coefficient (Wildman–Crippen LogP) is 5.40. The summed E-state index contributed by atoms with van der Waals surface area (Å²) in [4.78, 5) is 55.6. The second-order valence-electron chi connectivity index (χ2n) is 12.9. The monoisotopic (exact) mass is 592 g/mol. The average molecular weight is 593 g/mol. The van der Waals surface area contributed by atoms with E-state index < -0.39 is 29.6 Å². The molecule has 3 rings (SSSR count). The van der Waals surface area contributed by atoms with Gasteiger partial charge in [0.1, 0.15) is 24.0 Å². The molecule has 1 aliphatic heterocycles. The second-order valence-corrected chi connectivity index (χ2v) is 12.9. The highest BCUT2D eigenvalue weighted by atomic mass is 16.5. The number of Topliss-reactive ketones (excluding diaryl/α,β-unsaturated/α-hetero) is 1. The molecule has 2 heterocycles. The molecule has 0 aliphatic carbocycles. The Morgan fingerprint density at radius 3 is 2.40 bits per heavy atom. The van der Waals surface area contributed by atoms with E-state index in [0.717, 1.165) is 16.3 Å². The van der Waals surface area contributed by atoms with Gasteiger partial charge in [-0.1, -0.05) is 58.9 Å². The van der Waals surface area contributed by atoms with Crippen LogP contribution in [0.1, 0.15) is 92.5 Å². The molecule has 2 unspecified atom stereocenters. The first-order valence-corrected chi connectivity index (χ1v) is 15.3. The fourth-order valence-corrected chi connectivity index (χ4v) is 5.01. The number of amides is 2. The number of nitrogens with one attached hydrogen (secondary N) is 2. The zero-order valence-electron chi connectivity index (χ0n) is 27.1. The summed E-state index contributed by atoms with van der Waals surface area (Å²) in [6, 6.07) is 6.48. The van der Waals surface area contributed by atoms with Crippen LogP contribution < -0.4 is 10.7 Å². The Labute approximate surface area is 255 Å². The summed E-state index contributed by atoms with van der Waals surface area (Å²) in [5, 5.41) is 6.08. The first-order chi connectivity index (χ1) is 20.1. The third-order valence-electron chi connectivity index (χ3n) is 8.21. The van der Waals surface area contributed by atoms with Gasteiger partial charge in [0, 0.05) is 35.4 Å². The second kappa shape index (κ2) is 14.3. The molecule has 1 aromatic heterocycles. The van der Waals surface area contributed by atoms with Crippen LogP contribution in [0, 0.1) is 23.2 Å². The van der Waals surface area contributed by atoms with Crippen LogP contribution in [-0.4, -0.2) is 52.2 Å². The quantitative estimate of drug-likeness (QED) is 0.336. The Balaban J connectivity index is 1.65. The summed E-state index contributed by atoms with van der Waals surface area (Å²) >= 11 is 0. The Morgan fingerprint density at radius 1 is 1.05 bits per heavy atom. The molecule has 1 aromatic carbocycles. The third kappa shape index (κ3) is 8.72. The lowest BCUT2D eigenvalue weighted by Crippen LogP contribution is -2.59. The summed E-state index contributed by atoms with van der Waals surface area (Å²) in [6.45, 7) is 17.3. The molecule has 0 radical (unpaired) electrons. The van der Waals surface area contributed by atoms with E-state index in [0.29, 0.717) is 25.1 Å². The van der Waals surface area contributed by atoms with Crippen molar-refractivity contribution in [2.75, 3.05) is 6.54 Å². The average Bonchev–Trinajstić information content (AvgIpc) is 2.98. The number of rotatable bonds is 11. The summed E-state index contributed by atoms with van der Waals surface area (Å²) in [7, 11) is 0. The van der Waals surface area contributed by atoms with E-state index in [1.165, 1.54) is 5.01 Å². The normalized spacial score (nSPS) is 18.1. The lowest BCUT2D eigenvalue weighted by Gasteiger charge is -2.35. The van der Waals surface area contributed by atoms with Gasteiger partial charge in [-0.3, -0.25) is 29.2 Å². The number of esters is 1. The largest absolute Gasteiger partial charge is 0.455 e. The summed E-state index contributed by atoms with van der Waals surface area (Å²) < 4.78 is 5.78. The number of hydrazine groups is 1. The van der Waals surface area contributed by atoms with E-state index in [1.807, 2.05) is 84.9 Å². The minimum Gasteiger partial charge on any atom is -0.455 e. The summed E-state index contributed by atoms with van der Waals surface area (Å²) in [5.74, 6) is -0.854. The van der Waals surface area contributed by atoms with Crippen molar-refractivity contribution in [3.8, 4) is 0 Å². The topological polar surface area (TPSA) is 118 Å². The maximum atomic E-state index is 13.1. The van der Waals surface area contributed by atoms with Crippen molar-refractivity contribution in [2.45, 2.75) is 93.3 Å². The van der Waals surface area contributed by atoms with Gasteiger partial charge in [0.2, 0.25) is 5.91 Å². The van der Waals surface area contributed by atoms with Crippen molar-refractivity contribution in [1.29, 1.82) is 0 Å². The number of carbonyl (C=O) groups is 4. The van der Waals surface area contributed by atoms with Crippen LogP contribution >= 0.6 is 0 Å². The fourth-order valence-electron chi connectivity index (χ4n) is 5.01. The first-order valence-electron chi connectivity index (χ1n) is 15.3. The van der Waals surface area contributed by atoms with Crippen molar-refractivity contribution in [3.05, 3.63) is 47.8 Å². The van der Waals surface area contributed by atoms with E-state index in [-0.39, 0.29) is 35.4 Å². The highest BCUT2D eigenvalue weighted by Gasteiger charge is 2.33. The third-order valence-corrected chi connectivity index (χ3v) is 8.21. The van der Waals surface area contributed by atoms with Crippen molar-refractivity contribution in [2.24, 2.45) is 23.2 Å². The minimum atomic E-state index is -0.724. The van der Waals surface area contributed by atoms with E-state index in [9.17, 15) is 19.2 Å². The molecule has 43 heavy (non-hydrogen) atoms. The molecule has 0 bridgehead atoms. The number of hydrogen-bond donors (Lipinski definition) is 2. The van der Waals surface area contributed by atoms with Gasteiger partial charge in [0.15, 0.2) is 0 Å². The summed E-state index contributed by atoms with van der Waals surface area (Å²) in [6.07, 6.45) is 6.19. The van der Waals surface area contributed by atoms with Gasteiger partial charge in [-0.05, 0) is 69.5 Å². The zero-order chi connectivity index (χ0) is 32.1. The minimum absolute atomic E-state index is 0.0452. The molecule has 1 saturated heterocycles. The Morgan fingerprint density at radius 2 is 1.74 bits per heavy atom. The number of aromatic nitrogens is 1. The number of fused-ring (bicyclic) bond motifs is 1. The number of ether oxygens (including phenoxy) is 1. The van der Waals surface area contributed by atoms with Crippen molar-refractivity contribution < 1.29 is 23.9 Å². The molecule has 1 aliphatic rings. The van der Waals surface area contributed by atoms with E-state index in [1.54, 1.807) is 20.0 Å². The molecule has 2 amide bonds. The van der Waals surface area contributed by atoms with Crippen molar-refractivity contribution in [3.63, 3.8) is 0 Å². The Hall–Kier alpha value is -3.59. The van der Waals surface area contributed by atoms with Gasteiger partial charge >= 0.3 is 5.97 Å². The number of carbonyl (C=O) groups excluding carboxylic acids is 4. The number of hydrogen-bond acceptors (Lipinski definition) is 7. The van der Waals surface area contributed by atoms with E-state index >= 15 is 0 Å². The fraction of sp³-hybridized carbons (Fsp3) is 0.559. The molecule has 0 spiro atoms. The predicted molar refractivity (Wildman–Crippen MR) is 168 cm³/mol. The molecule has 234 valence electrons. The molecule has 2 N–H and O–H groups in total. The SMILES string of the molecule is CC(C)C(=O)C(C)(C)/C=C/c1ccc2cnc([C@@H](C)OC(=O)C3CCCN(C(=O)C(C)NC(=O)[C@@H](C)C(C)C)N3)cc2c1. The van der Waals surface area contributed by atoms with Gasteiger partial charge in [0.25, 0.3) is 5.91 Å². The van der Waals surface area contributed by atoms with Crippen LogP contribution in [0.15, 0.2) is 36.5 Å². The molecule has 4 atom stereocenters. The highest BCUT2D eigenvalue weighted by molar-refractivity contribution is 5.90. The Kier molecular flexibility index (Phi) is 11.2. The van der Waals surface area contributed by atoms with Crippen LogP contribution in [0.4, 0.5) is 0 Å². The number of nitrogens with zero attached hydrogens (tertiary/aromatic N) is 2. The molecule has 9 nitrogen and oxygen atoms in total. The van der Waals surface area contributed by atoms with Crippen LogP contribution in [0.3, 0.4) is 0 Å². The van der Waals surface area contributed by atoms with Crippen LogP contribution in [-0.2, 0) is 23.9 Å². The molecule has 0 saturated carbocycles. The van der Waals surface area contributed by atoms with Gasteiger partial charge < -0.3 is 10.1 Å². The van der Waals surface area contributed by atoms with Crippen molar-refractivity contribution in [1.82, 2.24) is 20.7 Å². The maximum absolute atomic E-state index is 13.1. The van der Waals surface area contributed by atoms with Gasteiger partial charge in [-0.15, -0.1) is 0 Å². The van der Waals surface area contributed by atoms with Gasteiger partial charge in [-0.2, -0.15) is 0 Å². The van der Waals surface area contributed by atoms with Crippen LogP contribution in [0.2, 0.25) is 0 Å². The summed E-state index contributed by atoms with van der Waals surface area (Å²) in [5.41, 5.74) is 4.00. The number of ketones is 1. The highest BCUT2D eigenvalue weighted by Crippen LogP contribution is 2.26. The molecule has 2 aromatic rings. The maximum Gasteiger partial charge on any atom is 0.325 e. The van der Waals surface area contributed by atoms with Crippen LogP contribution in [0.5, 0.6) is 0 Å².